The average Bonchev–Trinajstić information content (AvgIpc) is 3.09. The number of ether oxygens (including phenoxy) is 2. The van der Waals surface area contributed by atoms with Crippen LogP contribution in [0.5, 0.6) is 0 Å². The molecule has 0 aliphatic heterocycles. The Morgan fingerprint density at radius 1 is 1.32 bits per heavy atom. The highest BCUT2D eigenvalue weighted by atomic mass is 16.5. The van der Waals surface area contributed by atoms with Gasteiger partial charge in [-0.05, 0) is 80.1 Å². The second-order valence-corrected chi connectivity index (χ2v) is 8.33. The highest BCUT2D eigenvalue weighted by molar-refractivity contribution is 5.68. The van der Waals surface area contributed by atoms with Gasteiger partial charge in [0.15, 0.2) is 0 Å². The number of nitrogens with one attached hydrogen (secondary N) is 1. The van der Waals surface area contributed by atoms with E-state index in [-0.39, 0.29) is 11.6 Å². The van der Waals surface area contributed by atoms with Crippen molar-refractivity contribution in [2.75, 3.05) is 20.8 Å². The van der Waals surface area contributed by atoms with Gasteiger partial charge in [-0.2, -0.15) is 0 Å². The summed E-state index contributed by atoms with van der Waals surface area (Å²) in [6, 6.07) is 6.93. The Kier molecular flexibility index (Phi) is 6.95. The largest absolute Gasteiger partial charge is 0.453 e. The molecule has 0 heterocycles. The number of benzene rings is 1. The van der Waals surface area contributed by atoms with Crippen LogP contribution in [-0.4, -0.2) is 32.5 Å². The van der Waals surface area contributed by atoms with E-state index in [4.69, 9.17) is 9.47 Å². The van der Waals surface area contributed by atoms with Crippen molar-refractivity contribution in [2.24, 2.45) is 0 Å². The first-order valence-electron chi connectivity index (χ1n) is 10.4. The smallest absolute Gasteiger partial charge is 0.407 e. The zero-order valence-corrected chi connectivity index (χ0v) is 17.4. The summed E-state index contributed by atoms with van der Waals surface area (Å²) in [5.41, 5.74) is 5.44. The predicted molar refractivity (Wildman–Crippen MR) is 114 cm³/mol. The van der Waals surface area contributed by atoms with Crippen molar-refractivity contribution in [3.05, 3.63) is 52.6 Å². The van der Waals surface area contributed by atoms with Gasteiger partial charge < -0.3 is 14.8 Å². The molecule has 152 valence electrons. The lowest BCUT2D eigenvalue weighted by atomic mass is 9.87. The highest BCUT2D eigenvalue weighted by Crippen LogP contribution is 2.41. The number of methoxy groups -OCH3 is 2. The minimum atomic E-state index is -0.332. The van der Waals surface area contributed by atoms with Gasteiger partial charge in [0.1, 0.15) is 0 Å². The monoisotopic (exact) mass is 383 g/mol. The first-order chi connectivity index (χ1) is 13.5. The second-order valence-electron chi connectivity index (χ2n) is 8.33. The van der Waals surface area contributed by atoms with Gasteiger partial charge in [0, 0.05) is 19.3 Å². The lowest BCUT2D eigenvalue weighted by Crippen LogP contribution is -2.43. The molecule has 1 aromatic rings. The number of hydrogen-bond acceptors (Lipinski definition) is 3. The van der Waals surface area contributed by atoms with Crippen LogP contribution in [0, 0.1) is 0 Å². The molecule has 4 nitrogen and oxygen atoms in total. The first kappa shape index (κ1) is 20.7. The van der Waals surface area contributed by atoms with Crippen LogP contribution >= 0.6 is 0 Å². The first-order valence-corrected chi connectivity index (χ1v) is 10.4. The quantitative estimate of drug-likeness (QED) is 0.643. The van der Waals surface area contributed by atoms with Gasteiger partial charge in [-0.1, -0.05) is 36.4 Å². The number of carbonyl (C=O) groups excluding carboxylic acids is 1. The molecular formula is C24H33NO3. The molecule has 0 spiro atoms. The van der Waals surface area contributed by atoms with E-state index in [1.165, 1.54) is 29.4 Å². The van der Waals surface area contributed by atoms with E-state index in [1.807, 2.05) is 0 Å². The van der Waals surface area contributed by atoms with Crippen molar-refractivity contribution in [1.82, 2.24) is 5.32 Å². The number of allylic oxidation sites excluding steroid dienone is 3. The Morgan fingerprint density at radius 3 is 2.96 bits per heavy atom. The van der Waals surface area contributed by atoms with Gasteiger partial charge in [-0.25, -0.2) is 4.79 Å². The van der Waals surface area contributed by atoms with Gasteiger partial charge in [-0.3, -0.25) is 0 Å². The Morgan fingerprint density at radius 2 is 2.18 bits per heavy atom. The summed E-state index contributed by atoms with van der Waals surface area (Å²) < 4.78 is 9.88. The fraction of sp³-hybridized carbons (Fsp3) is 0.542. The highest BCUT2D eigenvalue weighted by Gasteiger charge is 2.37. The van der Waals surface area contributed by atoms with E-state index in [1.54, 1.807) is 7.11 Å². The summed E-state index contributed by atoms with van der Waals surface area (Å²) in [5, 5.41) is 3.02. The molecule has 2 atom stereocenters. The molecule has 1 aromatic carbocycles. The standard InChI is InChI=1S/C24H33NO3/c1-24(25-23(26)28-3)13-12-22(17-24)21-11-10-19-15-18(8-9-20(19)16-21)7-5-4-6-14-27-2/h5,7,10-11,15-16,22H,4,6,8-9,12-14,17H2,1-3H3,(H,25,26)/b7-5+/t22-,24-/m1/s1. The number of aryl methyl sites for hydroxylation is 1. The molecule has 0 radical (unpaired) electrons. The molecule has 1 saturated carbocycles. The topological polar surface area (TPSA) is 47.6 Å². The summed E-state index contributed by atoms with van der Waals surface area (Å²) >= 11 is 0. The van der Waals surface area contributed by atoms with Crippen LogP contribution in [0.15, 0.2) is 35.9 Å². The summed E-state index contributed by atoms with van der Waals surface area (Å²) in [7, 11) is 3.17. The van der Waals surface area contributed by atoms with Crippen LogP contribution in [-0.2, 0) is 15.9 Å². The summed E-state index contributed by atoms with van der Waals surface area (Å²) in [5.74, 6) is 0.499. The molecule has 1 fully saturated rings. The molecule has 1 N–H and O–H groups in total. The SMILES string of the molecule is COCCC/C=C/C1=Cc2ccc([C@@H]3CC[C@@](C)(NC(=O)OC)C3)cc2CC1. The van der Waals surface area contributed by atoms with Crippen LogP contribution in [0.2, 0.25) is 0 Å². The Balaban J connectivity index is 1.63. The molecule has 3 rings (SSSR count). The fourth-order valence-corrected chi connectivity index (χ4v) is 4.44. The van der Waals surface area contributed by atoms with Crippen molar-refractivity contribution in [3.8, 4) is 0 Å². The maximum atomic E-state index is 11.6. The van der Waals surface area contributed by atoms with Gasteiger partial charge in [0.25, 0.3) is 0 Å². The summed E-state index contributed by atoms with van der Waals surface area (Å²) in [6.45, 7) is 2.95. The Labute approximate surface area is 169 Å². The minimum Gasteiger partial charge on any atom is -0.453 e. The van der Waals surface area contributed by atoms with Crippen LogP contribution in [0.1, 0.15) is 68.1 Å². The van der Waals surface area contributed by atoms with Crippen LogP contribution in [0.4, 0.5) is 4.79 Å². The number of hydrogen-bond donors (Lipinski definition) is 1. The van der Waals surface area contributed by atoms with E-state index in [0.717, 1.165) is 51.6 Å². The van der Waals surface area contributed by atoms with Gasteiger partial charge >= 0.3 is 6.09 Å². The number of fused-ring (bicyclic) bond motifs is 1. The van der Waals surface area contributed by atoms with Crippen molar-refractivity contribution in [3.63, 3.8) is 0 Å². The summed E-state index contributed by atoms with van der Waals surface area (Å²) in [6.07, 6.45) is 13.9. The van der Waals surface area contributed by atoms with E-state index in [0.29, 0.717) is 5.92 Å². The van der Waals surface area contributed by atoms with Crippen LogP contribution in [0.25, 0.3) is 6.08 Å². The van der Waals surface area contributed by atoms with Crippen molar-refractivity contribution < 1.29 is 14.3 Å². The van der Waals surface area contributed by atoms with Crippen molar-refractivity contribution in [2.45, 2.75) is 63.3 Å². The van der Waals surface area contributed by atoms with Gasteiger partial charge in [-0.15, -0.1) is 0 Å². The lowest BCUT2D eigenvalue weighted by Gasteiger charge is -2.25. The van der Waals surface area contributed by atoms with Crippen molar-refractivity contribution in [1.29, 1.82) is 0 Å². The van der Waals surface area contributed by atoms with E-state index in [9.17, 15) is 4.79 Å². The number of carbonyl (C=O) groups is 1. The average molecular weight is 384 g/mol. The summed E-state index contributed by atoms with van der Waals surface area (Å²) in [4.78, 5) is 11.6. The maximum Gasteiger partial charge on any atom is 0.407 e. The molecule has 2 aliphatic rings. The molecule has 0 aromatic heterocycles. The predicted octanol–water partition coefficient (Wildman–Crippen LogP) is 5.38. The minimum absolute atomic E-state index is 0.172. The zero-order valence-electron chi connectivity index (χ0n) is 17.4. The molecule has 1 amide bonds. The Hall–Kier alpha value is -2.07. The van der Waals surface area contributed by atoms with E-state index < -0.39 is 0 Å². The second kappa shape index (κ2) is 9.42. The third kappa shape index (κ3) is 5.26. The number of rotatable bonds is 7. The number of alkyl carbamates (subject to hydrolysis) is 1. The van der Waals surface area contributed by atoms with Crippen molar-refractivity contribution >= 4 is 12.2 Å². The molecule has 0 saturated heterocycles. The molecule has 28 heavy (non-hydrogen) atoms. The normalized spacial score (nSPS) is 24.1. The van der Waals surface area contributed by atoms with E-state index >= 15 is 0 Å². The Bertz CT molecular complexity index is 752. The zero-order chi connectivity index (χ0) is 20.0. The number of amides is 1. The molecule has 0 bridgehead atoms. The molecule has 0 unspecified atom stereocenters. The molecule has 2 aliphatic carbocycles. The molecular weight excluding hydrogens is 350 g/mol. The van der Waals surface area contributed by atoms with Crippen LogP contribution in [0.3, 0.4) is 0 Å². The fourth-order valence-electron chi connectivity index (χ4n) is 4.44. The maximum absolute atomic E-state index is 11.6. The lowest BCUT2D eigenvalue weighted by molar-refractivity contribution is 0.157. The van der Waals surface area contributed by atoms with Gasteiger partial charge in [0.05, 0.1) is 7.11 Å². The number of unbranched alkanes of at least 4 members (excludes halogenated alkanes) is 1. The van der Waals surface area contributed by atoms with Crippen LogP contribution < -0.4 is 5.32 Å². The third-order valence-corrected chi connectivity index (χ3v) is 6.04. The van der Waals surface area contributed by atoms with E-state index in [2.05, 4.69) is 48.7 Å². The molecule has 4 heteroatoms. The van der Waals surface area contributed by atoms with Gasteiger partial charge in [0.2, 0.25) is 0 Å². The third-order valence-electron chi connectivity index (χ3n) is 6.04.